The van der Waals surface area contributed by atoms with Gasteiger partial charge in [-0.25, -0.2) is 0 Å². The predicted octanol–water partition coefficient (Wildman–Crippen LogP) is 6.30. The zero-order chi connectivity index (χ0) is 26.6. The number of aldehydes is 1. The number of benzene rings is 4. The number of rotatable bonds is 8. The van der Waals surface area contributed by atoms with E-state index in [0.717, 1.165) is 50.3 Å². The van der Waals surface area contributed by atoms with E-state index in [1.807, 2.05) is 79.9 Å². The molecular formula is C32H28N2O4. The molecule has 0 saturated carbocycles. The van der Waals surface area contributed by atoms with Gasteiger partial charge in [-0.3, -0.25) is 14.6 Å². The molecule has 0 spiro atoms. The fraction of sp³-hybridized carbons (Fsp3) is 0.156. The molecular weight excluding hydrogens is 476 g/mol. The van der Waals surface area contributed by atoms with Crippen molar-refractivity contribution in [3.05, 3.63) is 102 Å². The Morgan fingerprint density at radius 3 is 2.53 bits per heavy atom. The van der Waals surface area contributed by atoms with E-state index in [2.05, 4.69) is 16.4 Å². The first kappa shape index (κ1) is 25.0. The smallest absolute Gasteiger partial charge is 0.227 e. The fourth-order valence-corrected chi connectivity index (χ4v) is 4.91. The number of pyridine rings is 1. The Labute approximate surface area is 221 Å². The van der Waals surface area contributed by atoms with Crippen LogP contribution in [0.25, 0.3) is 32.7 Å². The molecule has 0 fully saturated rings. The Bertz CT molecular complexity index is 1660. The lowest BCUT2D eigenvalue weighted by atomic mass is 9.91. The second-order valence-electron chi connectivity index (χ2n) is 9.14. The molecule has 1 amide bonds. The number of hydrogen-bond acceptors (Lipinski definition) is 5. The van der Waals surface area contributed by atoms with Gasteiger partial charge in [-0.15, -0.1) is 0 Å². The summed E-state index contributed by atoms with van der Waals surface area (Å²) in [6.07, 6.45) is 4.42. The highest BCUT2D eigenvalue weighted by Crippen LogP contribution is 2.33. The van der Waals surface area contributed by atoms with Gasteiger partial charge in [-0.2, -0.15) is 0 Å². The predicted molar refractivity (Wildman–Crippen MR) is 150 cm³/mol. The summed E-state index contributed by atoms with van der Waals surface area (Å²) in [5.74, 6) is 0.835. The molecule has 190 valence electrons. The van der Waals surface area contributed by atoms with Crippen molar-refractivity contribution < 1.29 is 19.1 Å². The van der Waals surface area contributed by atoms with Crippen LogP contribution in [0.1, 0.15) is 34.3 Å². The number of carbonyl (C=O) groups is 2. The number of nitrogens with zero attached hydrogens (tertiary/aromatic N) is 1. The zero-order valence-corrected chi connectivity index (χ0v) is 21.5. The quantitative estimate of drug-likeness (QED) is 0.251. The second-order valence-corrected chi connectivity index (χ2v) is 9.14. The van der Waals surface area contributed by atoms with Crippen LogP contribution in [0.4, 0.5) is 0 Å². The molecule has 0 aliphatic carbocycles. The molecule has 0 saturated heterocycles. The van der Waals surface area contributed by atoms with Crippen LogP contribution in [0.15, 0.2) is 85.2 Å². The van der Waals surface area contributed by atoms with Crippen molar-refractivity contribution in [2.24, 2.45) is 0 Å². The topological polar surface area (TPSA) is 77.5 Å². The fourth-order valence-electron chi connectivity index (χ4n) is 4.91. The van der Waals surface area contributed by atoms with Gasteiger partial charge in [0, 0.05) is 29.9 Å². The van der Waals surface area contributed by atoms with Gasteiger partial charge in [-0.05, 0) is 81.7 Å². The van der Waals surface area contributed by atoms with Gasteiger partial charge in [-0.1, -0.05) is 36.4 Å². The van der Waals surface area contributed by atoms with Crippen LogP contribution in [0, 0.1) is 0 Å². The molecule has 0 bridgehead atoms. The number of ether oxygens (including phenoxy) is 2. The molecule has 1 aromatic heterocycles. The summed E-state index contributed by atoms with van der Waals surface area (Å²) in [7, 11) is 3.26. The highest BCUT2D eigenvalue weighted by Gasteiger charge is 2.20. The Morgan fingerprint density at radius 1 is 0.921 bits per heavy atom. The minimum absolute atomic E-state index is 0.158. The molecule has 0 aliphatic heterocycles. The highest BCUT2D eigenvalue weighted by atomic mass is 16.5. The summed E-state index contributed by atoms with van der Waals surface area (Å²) >= 11 is 0. The summed E-state index contributed by atoms with van der Waals surface area (Å²) in [4.78, 5) is 29.6. The summed E-state index contributed by atoms with van der Waals surface area (Å²) < 4.78 is 10.7. The Balaban J connectivity index is 1.41. The van der Waals surface area contributed by atoms with Crippen molar-refractivity contribution in [3.63, 3.8) is 0 Å². The number of amides is 1. The third-order valence-electron chi connectivity index (χ3n) is 7.02. The van der Waals surface area contributed by atoms with Crippen molar-refractivity contribution in [1.82, 2.24) is 10.3 Å². The van der Waals surface area contributed by atoms with Gasteiger partial charge in [0.1, 0.15) is 11.5 Å². The van der Waals surface area contributed by atoms with Crippen molar-refractivity contribution in [2.45, 2.75) is 19.4 Å². The van der Waals surface area contributed by atoms with E-state index in [-0.39, 0.29) is 5.91 Å². The van der Waals surface area contributed by atoms with Crippen LogP contribution in [0.5, 0.6) is 11.5 Å². The average molecular weight is 505 g/mol. The lowest BCUT2D eigenvalue weighted by Crippen LogP contribution is -2.28. The number of hydrogen-bond donors (Lipinski definition) is 1. The lowest BCUT2D eigenvalue weighted by Gasteiger charge is -2.17. The van der Waals surface area contributed by atoms with E-state index in [4.69, 9.17) is 9.47 Å². The lowest BCUT2D eigenvalue weighted by molar-refractivity contribution is -0.122. The molecule has 1 N–H and O–H groups in total. The van der Waals surface area contributed by atoms with Crippen LogP contribution in [0.3, 0.4) is 0 Å². The number of aromatic nitrogens is 1. The second kappa shape index (κ2) is 10.7. The van der Waals surface area contributed by atoms with Gasteiger partial charge in [0.2, 0.25) is 5.91 Å². The van der Waals surface area contributed by atoms with Crippen LogP contribution in [-0.4, -0.2) is 31.4 Å². The van der Waals surface area contributed by atoms with E-state index in [0.29, 0.717) is 23.4 Å². The first-order chi connectivity index (χ1) is 18.5. The molecule has 1 unspecified atom stereocenters. The normalized spacial score (nSPS) is 11.8. The first-order valence-electron chi connectivity index (χ1n) is 12.4. The highest BCUT2D eigenvalue weighted by molar-refractivity contribution is 6.02. The Kier molecular flexibility index (Phi) is 7.05. The molecule has 4 aromatic carbocycles. The van der Waals surface area contributed by atoms with Crippen LogP contribution in [-0.2, 0) is 11.3 Å². The Hall–Kier alpha value is -4.71. The summed E-state index contributed by atoms with van der Waals surface area (Å²) in [5.41, 5.74) is 4.27. The van der Waals surface area contributed by atoms with Crippen LogP contribution in [0.2, 0.25) is 0 Å². The molecule has 0 radical (unpaired) electrons. The molecule has 0 aliphatic rings. The van der Waals surface area contributed by atoms with E-state index in [1.54, 1.807) is 20.4 Å². The monoisotopic (exact) mass is 504 g/mol. The van der Waals surface area contributed by atoms with E-state index in [1.165, 1.54) is 0 Å². The minimum atomic E-state index is -0.512. The van der Waals surface area contributed by atoms with E-state index >= 15 is 0 Å². The number of carbonyl (C=O) groups excluding carboxylic acids is 2. The third-order valence-corrected chi connectivity index (χ3v) is 7.02. The molecule has 1 atom stereocenters. The maximum absolute atomic E-state index is 13.2. The number of nitrogens with one attached hydrogen (secondary N) is 1. The molecule has 1 heterocycles. The molecule has 5 aromatic rings. The van der Waals surface area contributed by atoms with Gasteiger partial charge in [0.15, 0.2) is 6.29 Å². The van der Waals surface area contributed by atoms with Crippen molar-refractivity contribution in [2.75, 3.05) is 14.2 Å². The molecule has 38 heavy (non-hydrogen) atoms. The van der Waals surface area contributed by atoms with Crippen LogP contribution < -0.4 is 14.8 Å². The zero-order valence-electron chi connectivity index (χ0n) is 21.5. The van der Waals surface area contributed by atoms with Gasteiger partial charge in [0.05, 0.1) is 20.1 Å². The minimum Gasteiger partial charge on any atom is -0.497 e. The molecule has 6 nitrogen and oxygen atoms in total. The average Bonchev–Trinajstić information content (AvgIpc) is 2.98. The molecule has 5 rings (SSSR count). The van der Waals surface area contributed by atoms with Gasteiger partial charge >= 0.3 is 0 Å². The number of methoxy groups -OCH3 is 2. The maximum atomic E-state index is 13.2. The van der Waals surface area contributed by atoms with Gasteiger partial charge < -0.3 is 14.8 Å². The summed E-state index contributed by atoms with van der Waals surface area (Å²) in [5, 5.41) is 6.75. The summed E-state index contributed by atoms with van der Waals surface area (Å²) in [6.45, 7) is 2.16. The molecule has 6 heteroatoms. The Morgan fingerprint density at radius 2 is 1.74 bits per heavy atom. The van der Waals surface area contributed by atoms with Crippen LogP contribution >= 0.6 is 0 Å². The number of fused-ring (bicyclic) bond motifs is 2. The summed E-state index contributed by atoms with van der Waals surface area (Å²) in [6, 6.07) is 23.3. The van der Waals surface area contributed by atoms with Crippen molar-refractivity contribution in [1.29, 1.82) is 0 Å². The standard InChI is InChI=1S/C32H28N2O4/c1-20(26-10-7-22-16-25(38-3)9-12-28(22)31(26)19-35)32(36)34-17-23-8-11-27(29-13-14-33-18-30(23)29)21-5-4-6-24(15-21)37-2/h4-16,18-20H,17H2,1-3H3,(H,34,36). The largest absolute Gasteiger partial charge is 0.497 e. The maximum Gasteiger partial charge on any atom is 0.227 e. The van der Waals surface area contributed by atoms with Crippen molar-refractivity contribution in [3.8, 4) is 22.6 Å². The SMILES string of the molecule is COc1cccc(-c2ccc(CNC(=O)C(C)c3ccc4cc(OC)ccc4c3C=O)c3cnccc23)c1. The van der Waals surface area contributed by atoms with E-state index in [9.17, 15) is 9.59 Å². The van der Waals surface area contributed by atoms with Crippen molar-refractivity contribution >= 4 is 33.7 Å². The van der Waals surface area contributed by atoms with E-state index < -0.39 is 5.92 Å². The third kappa shape index (κ3) is 4.68. The van der Waals surface area contributed by atoms with Gasteiger partial charge in [0.25, 0.3) is 0 Å². The first-order valence-corrected chi connectivity index (χ1v) is 12.4.